The molecular formula is C49H65F2N14NaO8. The SMILES string of the molecule is CC(=O)OCC(=O)N1CCN(c2ccc(Nc3ncc(C)c(-c4cnn(C(C)C)c4)n3)cc2F)CC1.CO.Cc1cnc(Nc2ccc(N3CCN(C(=O)CO)CC3)c(F)c2)nc1-c1cnn(C(C)C)c1.O.[Na+].[OH-]. The maximum absolute atomic E-state index is 15.0. The Morgan fingerprint density at radius 2 is 1.05 bits per heavy atom. The Hall–Kier alpha value is -6.67. The standard InChI is InChI=1S/C25H30FN7O3.C23H28FN7O2.CH4O.Na.2H2O/c1-16(2)33-14-19(13-28-33)24-17(3)12-27-25(30-24)29-20-5-6-22(21(26)11-20)31-7-9-32(10-8-31)23(35)15-36-18(4)34;1-15(2)31-13-17(12-26-31)22-16(3)11-25-23(28-22)27-18-4-5-20(19(24)10-18)29-6-8-30(9-7-29)21(33)14-32;1-2;;;/h5-6,11-14,16H,7-10,15H2,1-4H3,(H,27,29,30);4-5,10-13,15,32H,6-9,14H2,1-3H3,(H,25,27,28);2H,1H3;;2*1H2/q;;;+1;;/p-1. The van der Waals surface area contributed by atoms with Crippen LogP contribution in [0.15, 0.2) is 73.6 Å². The van der Waals surface area contributed by atoms with Crippen LogP contribution in [-0.4, -0.2) is 161 Å². The summed E-state index contributed by atoms with van der Waals surface area (Å²) in [5.74, 6) is -1.07. The molecule has 6 heterocycles. The Balaban J connectivity index is 0.000000364. The van der Waals surface area contributed by atoms with E-state index in [0.717, 1.165) is 40.8 Å². The minimum absolute atomic E-state index is 0. The van der Waals surface area contributed by atoms with E-state index in [1.54, 1.807) is 58.9 Å². The molecule has 6 aromatic rings. The zero-order valence-corrected chi connectivity index (χ0v) is 45.3. The first-order chi connectivity index (χ1) is 34.1. The van der Waals surface area contributed by atoms with Crippen LogP contribution < -0.4 is 50.0 Å². The Bertz CT molecular complexity index is 2780. The largest absolute Gasteiger partial charge is 1.00 e. The third kappa shape index (κ3) is 15.9. The number of rotatable bonds is 13. The minimum atomic E-state index is -0.502. The van der Waals surface area contributed by atoms with Gasteiger partial charge < -0.3 is 56.1 Å². The van der Waals surface area contributed by atoms with E-state index in [1.165, 1.54) is 19.1 Å². The summed E-state index contributed by atoms with van der Waals surface area (Å²) in [5.41, 5.74) is 7.15. The average molecular weight is 1040 g/mol. The van der Waals surface area contributed by atoms with E-state index in [0.29, 0.717) is 87.0 Å². The van der Waals surface area contributed by atoms with Gasteiger partial charge in [0.2, 0.25) is 17.8 Å². The zero-order valence-electron chi connectivity index (χ0n) is 43.3. The normalized spacial score (nSPS) is 13.1. The van der Waals surface area contributed by atoms with Crippen LogP contribution in [0.2, 0.25) is 0 Å². The van der Waals surface area contributed by atoms with Crippen molar-refractivity contribution in [2.24, 2.45) is 0 Å². The number of anilines is 6. The predicted octanol–water partition coefficient (Wildman–Crippen LogP) is 1.69. The molecule has 0 bridgehead atoms. The molecule has 2 fully saturated rings. The first kappa shape index (κ1) is 61.6. The number of carbonyl (C=O) groups excluding carboxylic acids is 3. The number of amides is 2. The second-order valence-corrected chi connectivity index (χ2v) is 17.3. The van der Waals surface area contributed by atoms with Gasteiger partial charge in [-0.1, -0.05) is 0 Å². The van der Waals surface area contributed by atoms with E-state index >= 15 is 4.39 Å². The van der Waals surface area contributed by atoms with Crippen LogP contribution in [0.4, 0.5) is 43.4 Å². The Labute approximate surface area is 450 Å². The molecule has 2 aromatic carbocycles. The molecule has 22 nitrogen and oxygen atoms in total. The summed E-state index contributed by atoms with van der Waals surface area (Å²) in [4.78, 5) is 59.6. The van der Waals surface area contributed by atoms with Crippen LogP contribution in [0.25, 0.3) is 22.5 Å². The number of nitrogens with one attached hydrogen (secondary N) is 2. The molecule has 0 spiro atoms. The Morgan fingerprint density at radius 3 is 1.39 bits per heavy atom. The van der Waals surface area contributed by atoms with E-state index in [9.17, 15) is 18.8 Å². The average Bonchev–Trinajstić information content (AvgIpc) is 4.08. The quantitative estimate of drug-likeness (QED) is 0.0946. The van der Waals surface area contributed by atoms with E-state index < -0.39 is 12.6 Å². The van der Waals surface area contributed by atoms with Crippen molar-refractivity contribution in [3.05, 3.63) is 96.3 Å². The number of piperazine rings is 2. The number of aryl methyl sites for hydroxylation is 2. The van der Waals surface area contributed by atoms with Crippen molar-refractivity contribution in [2.45, 2.75) is 60.5 Å². The molecule has 0 unspecified atom stereocenters. The van der Waals surface area contributed by atoms with E-state index in [4.69, 9.17) is 14.9 Å². The number of carbonyl (C=O) groups is 3. The van der Waals surface area contributed by atoms with Gasteiger partial charge in [-0.2, -0.15) is 10.2 Å². The van der Waals surface area contributed by atoms with Crippen molar-refractivity contribution in [1.82, 2.24) is 49.3 Å². The van der Waals surface area contributed by atoms with E-state index in [-0.39, 0.29) is 82.6 Å². The van der Waals surface area contributed by atoms with Crippen LogP contribution in [0, 0.1) is 25.5 Å². The number of aliphatic hydroxyl groups excluding tert-OH is 2. The number of aromatic nitrogens is 8. The van der Waals surface area contributed by atoms with Crippen LogP contribution in [0.5, 0.6) is 0 Å². The predicted molar refractivity (Wildman–Crippen MR) is 271 cm³/mol. The number of nitrogens with zero attached hydrogens (tertiary/aromatic N) is 12. The van der Waals surface area contributed by atoms with Crippen molar-refractivity contribution < 1.29 is 78.6 Å². The van der Waals surface area contributed by atoms with Crippen molar-refractivity contribution >= 4 is 52.4 Å². The number of halogens is 2. The van der Waals surface area contributed by atoms with Gasteiger partial charge >= 0.3 is 35.5 Å². The maximum atomic E-state index is 15.0. The van der Waals surface area contributed by atoms with Gasteiger partial charge in [0.25, 0.3) is 5.91 Å². The van der Waals surface area contributed by atoms with Crippen molar-refractivity contribution in [3.8, 4) is 22.5 Å². The van der Waals surface area contributed by atoms with Crippen LogP contribution in [0.3, 0.4) is 0 Å². The first-order valence-corrected chi connectivity index (χ1v) is 23.2. The Morgan fingerprint density at radius 1 is 0.662 bits per heavy atom. The van der Waals surface area contributed by atoms with Gasteiger partial charge in [-0.15, -0.1) is 0 Å². The third-order valence-corrected chi connectivity index (χ3v) is 11.6. The zero-order chi connectivity index (χ0) is 51.4. The van der Waals surface area contributed by atoms with Gasteiger partial charge in [-0.3, -0.25) is 23.7 Å². The number of hydrogen-bond acceptors (Lipinski definition) is 17. The molecule has 2 aliphatic rings. The van der Waals surface area contributed by atoms with Gasteiger partial charge in [-0.05, 0) is 89.1 Å². The van der Waals surface area contributed by atoms with Crippen LogP contribution in [0.1, 0.15) is 57.8 Å². The molecule has 2 aliphatic heterocycles. The fourth-order valence-corrected chi connectivity index (χ4v) is 7.76. The van der Waals surface area contributed by atoms with Gasteiger partial charge in [-0.25, -0.2) is 28.7 Å². The van der Waals surface area contributed by atoms with Gasteiger partial charge in [0.1, 0.15) is 18.2 Å². The second-order valence-electron chi connectivity index (χ2n) is 17.3. The molecule has 25 heteroatoms. The molecule has 394 valence electrons. The van der Waals surface area contributed by atoms with Crippen LogP contribution in [-0.2, 0) is 19.1 Å². The molecule has 0 radical (unpaired) electrons. The number of esters is 1. The van der Waals surface area contributed by atoms with Gasteiger partial charge in [0.15, 0.2) is 6.61 Å². The molecule has 8 rings (SSSR count). The maximum Gasteiger partial charge on any atom is 1.00 e. The number of hydrogen-bond donors (Lipinski definition) is 4. The van der Waals surface area contributed by atoms with E-state index in [1.807, 2.05) is 45.4 Å². The van der Waals surface area contributed by atoms with Crippen molar-refractivity contribution in [3.63, 3.8) is 0 Å². The summed E-state index contributed by atoms with van der Waals surface area (Å²) in [7, 11) is 1.00. The fourth-order valence-electron chi connectivity index (χ4n) is 7.76. The van der Waals surface area contributed by atoms with Crippen LogP contribution >= 0.6 is 0 Å². The number of ether oxygens (including phenoxy) is 1. The second kappa shape index (κ2) is 28.7. The summed E-state index contributed by atoms with van der Waals surface area (Å²) in [5, 5.41) is 30.9. The fraction of sp³-hybridized carbons (Fsp3) is 0.408. The smallest absolute Gasteiger partial charge is 0.870 e. The minimum Gasteiger partial charge on any atom is -0.870 e. The van der Waals surface area contributed by atoms with Crippen molar-refractivity contribution in [1.29, 1.82) is 0 Å². The van der Waals surface area contributed by atoms with Gasteiger partial charge in [0, 0.05) is 126 Å². The molecule has 0 atom stereocenters. The summed E-state index contributed by atoms with van der Waals surface area (Å²) in [6, 6.07) is 10.3. The Kier molecular flexibility index (Phi) is 23.9. The molecule has 4 aromatic heterocycles. The molecule has 0 aliphatic carbocycles. The molecule has 74 heavy (non-hydrogen) atoms. The topological polar surface area (TPSA) is 287 Å². The summed E-state index contributed by atoms with van der Waals surface area (Å²) in [6.45, 7) is 16.3. The van der Waals surface area contributed by atoms with Crippen molar-refractivity contribution in [2.75, 3.05) is 93.1 Å². The third-order valence-electron chi connectivity index (χ3n) is 11.6. The number of benzene rings is 2. The summed E-state index contributed by atoms with van der Waals surface area (Å²) >= 11 is 0. The monoisotopic (exact) mass is 1040 g/mol. The van der Waals surface area contributed by atoms with E-state index in [2.05, 4.69) is 68.5 Å². The molecular weight excluding hydrogens is 974 g/mol. The molecule has 7 N–H and O–H groups in total. The summed E-state index contributed by atoms with van der Waals surface area (Å²) in [6.07, 6.45) is 10.9. The molecule has 2 saturated heterocycles. The number of aliphatic hydroxyl groups is 2. The molecule has 0 saturated carbocycles. The first-order valence-electron chi connectivity index (χ1n) is 23.2. The summed E-state index contributed by atoms with van der Waals surface area (Å²) < 4.78 is 38.4. The molecule has 2 amide bonds. The van der Waals surface area contributed by atoms with Gasteiger partial charge in [0.05, 0.1) is 35.2 Å².